The lowest BCUT2D eigenvalue weighted by Gasteiger charge is -2.39. The van der Waals surface area contributed by atoms with Gasteiger partial charge in [-0.3, -0.25) is 4.68 Å². The SMILES string of the molecule is OCC1(Cn2ccc(-c3ccccc3)n2)COC1. The van der Waals surface area contributed by atoms with E-state index in [1.807, 2.05) is 47.3 Å². The number of ether oxygens (including phenoxy) is 1. The minimum absolute atomic E-state index is 0.139. The standard InChI is InChI=1S/C14H16N2O2/c17-9-14(10-18-11-14)8-16-7-6-13(15-16)12-4-2-1-3-5-12/h1-7,17H,8-11H2. The van der Waals surface area contributed by atoms with Crippen molar-refractivity contribution in [3.8, 4) is 11.3 Å². The minimum atomic E-state index is -0.139. The van der Waals surface area contributed by atoms with Gasteiger partial charge in [0, 0.05) is 11.8 Å². The minimum Gasteiger partial charge on any atom is -0.396 e. The molecule has 1 aromatic heterocycles. The van der Waals surface area contributed by atoms with Crippen molar-refractivity contribution < 1.29 is 9.84 Å². The second-order valence-corrected chi connectivity index (χ2v) is 4.92. The molecule has 1 fully saturated rings. The zero-order chi connectivity index (χ0) is 12.4. The first-order chi connectivity index (χ1) is 8.81. The molecule has 3 rings (SSSR count). The Balaban J connectivity index is 1.78. The molecule has 0 spiro atoms. The van der Waals surface area contributed by atoms with E-state index in [0.29, 0.717) is 19.8 Å². The first kappa shape index (κ1) is 11.4. The van der Waals surface area contributed by atoms with Gasteiger partial charge in [-0.05, 0) is 6.07 Å². The molecule has 94 valence electrons. The number of hydrogen-bond acceptors (Lipinski definition) is 3. The van der Waals surface area contributed by atoms with E-state index in [4.69, 9.17) is 4.74 Å². The highest BCUT2D eigenvalue weighted by atomic mass is 16.5. The molecule has 0 radical (unpaired) electrons. The van der Waals surface area contributed by atoms with Crippen LogP contribution in [-0.4, -0.2) is 34.7 Å². The van der Waals surface area contributed by atoms with Crippen LogP contribution in [0, 0.1) is 5.41 Å². The number of rotatable bonds is 4. The summed E-state index contributed by atoms with van der Waals surface area (Å²) in [5.74, 6) is 0. The smallest absolute Gasteiger partial charge is 0.0923 e. The summed E-state index contributed by atoms with van der Waals surface area (Å²) < 4.78 is 7.08. The van der Waals surface area contributed by atoms with Crippen LogP contribution < -0.4 is 0 Å². The molecule has 0 atom stereocenters. The van der Waals surface area contributed by atoms with Gasteiger partial charge in [-0.25, -0.2) is 0 Å². The molecule has 1 N–H and O–H groups in total. The van der Waals surface area contributed by atoms with E-state index in [0.717, 1.165) is 11.3 Å². The summed E-state index contributed by atoms with van der Waals surface area (Å²) in [4.78, 5) is 0. The maximum Gasteiger partial charge on any atom is 0.0923 e. The molecule has 2 aromatic rings. The van der Waals surface area contributed by atoms with Crippen LogP contribution in [0.5, 0.6) is 0 Å². The second-order valence-electron chi connectivity index (χ2n) is 4.92. The topological polar surface area (TPSA) is 47.3 Å². The normalized spacial score (nSPS) is 17.4. The van der Waals surface area contributed by atoms with Crippen LogP contribution in [-0.2, 0) is 11.3 Å². The van der Waals surface area contributed by atoms with Crippen molar-refractivity contribution in [3.05, 3.63) is 42.6 Å². The third-order valence-corrected chi connectivity index (χ3v) is 3.36. The largest absolute Gasteiger partial charge is 0.396 e. The molecule has 1 saturated heterocycles. The van der Waals surface area contributed by atoms with E-state index in [-0.39, 0.29) is 12.0 Å². The fourth-order valence-corrected chi connectivity index (χ4v) is 2.18. The summed E-state index contributed by atoms with van der Waals surface area (Å²) in [5.41, 5.74) is 1.93. The average Bonchev–Trinajstić information content (AvgIpc) is 2.83. The van der Waals surface area contributed by atoms with Crippen molar-refractivity contribution in [2.24, 2.45) is 5.41 Å². The van der Waals surface area contributed by atoms with Crippen LogP contribution >= 0.6 is 0 Å². The molecule has 18 heavy (non-hydrogen) atoms. The first-order valence-corrected chi connectivity index (χ1v) is 6.09. The Morgan fingerprint density at radius 2 is 2.00 bits per heavy atom. The summed E-state index contributed by atoms with van der Waals surface area (Å²) in [6.45, 7) is 2.08. The third kappa shape index (κ3) is 2.05. The molecule has 4 heteroatoms. The number of nitrogens with zero attached hydrogens (tertiary/aromatic N) is 2. The predicted octanol–water partition coefficient (Wildman–Crippen LogP) is 1.56. The molecule has 0 bridgehead atoms. The maximum atomic E-state index is 9.40. The van der Waals surface area contributed by atoms with Gasteiger partial charge >= 0.3 is 0 Å². The molecule has 0 amide bonds. The Morgan fingerprint density at radius 1 is 1.22 bits per heavy atom. The molecule has 0 saturated carbocycles. The lowest BCUT2D eigenvalue weighted by Crippen LogP contribution is -2.48. The molecule has 1 aliphatic rings. The number of aromatic nitrogens is 2. The highest BCUT2D eigenvalue weighted by Gasteiger charge is 2.38. The van der Waals surface area contributed by atoms with Gasteiger partial charge in [0.15, 0.2) is 0 Å². The number of aliphatic hydroxyl groups is 1. The van der Waals surface area contributed by atoms with Gasteiger partial charge in [0.2, 0.25) is 0 Å². The first-order valence-electron chi connectivity index (χ1n) is 6.09. The van der Waals surface area contributed by atoms with Crippen molar-refractivity contribution in [1.82, 2.24) is 9.78 Å². The number of benzene rings is 1. The quantitative estimate of drug-likeness (QED) is 0.887. The molecular weight excluding hydrogens is 228 g/mol. The zero-order valence-electron chi connectivity index (χ0n) is 10.1. The Kier molecular flexibility index (Phi) is 2.89. The van der Waals surface area contributed by atoms with Crippen molar-refractivity contribution in [2.75, 3.05) is 19.8 Å². The van der Waals surface area contributed by atoms with Gasteiger partial charge < -0.3 is 9.84 Å². The average molecular weight is 244 g/mol. The van der Waals surface area contributed by atoms with Gasteiger partial charge in [-0.1, -0.05) is 30.3 Å². The van der Waals surface area contributed by atoms with E-state index in [9.17, 15) is 5.11 Å². The summed E-state index contributed by atoms with van der Waals surface area (Å²) in [6.07, 6.45) is 1.96. The monoisotopic (exact) mass is 244 g/mol. The maximum absolute atomic E-state index is 9.40. The highest BCUT2D eigenvalue weighted by molar-refractivity contribution is 5.57. The third-order valence-electron chi connectivity index (χ3n) is 3.36. The Hall–Kier alpha value is -1.65. The Morgan fingerprint density at radius 3 is 2.61 bits per heavy atom. The highest BCUT2D eigenvalue weighted by Crippen LogP contribution is 2.29. The second kappa shape index (κ2) is 4.55. The molecule has 0 unspecified atom stereocenters. The van der Waals surface area contributed by atoms with Gasteiger partial charge in [0.25, 0.3) is 0 Å². The van der Waals surface area contributed by atoms with Crippen LogP contribution in [0.25, 0.3) is 11.3 Å². The van der Waals surface area contributed by atoms with Gasteiger partial charge in [-0.2, -0.15) is 5.10 Å². The summed E-state index contributed by atoms with van der Waals surface area (Å²) in [5, 5.41) is 13.9. The molecule has 4 nitrogen and oxygen atoms in total. The van der Waals surface area contributed by atoms with Crippen molar-refractivity contribution in [2.45, 2.75) is 6.54 Å². The number of hydrogen-bond donors (Lipinski definition) is 1. The van der Waals surface area contributed by atoms with E-state index < -0.39 is 0 Å². The molecule has 0 aliphatic carbocycles. The van der Waals surface area contributed by atoms with E-state index in [2.05, 4.69) is 5.10 Å². The van der Waals surface area contributed by atoms with Crippen molar-refractivity contribution in [1.29, 1.82) is 0 Å². The van der Waals surface area contributed by atoms with E-state index in [1.54, 1.807) is 0 Å². The van der Waals surface area contributed by atoms with E-state index in [1.165, 1.54) is 0 Å². The van der Waals surface area contributed by atoms with Crippen LogP contribution in [0.15, 0.2) is 42.6 Å². The predicted molar refractivity (Wildman–Crippen MR) is 68.0 cm³/mol. The molecule has 1 aliphatic heterocycles. The molecule has 1 aromatic carbocycles. The Bertz CT molecular complexity index is 512. The number of aliphatic hydroxyl groups excluding tert-OH is 1. The van der Waals surface area contributed by atoms with Crippen LogP contribution in [0.3, 0.4) is 0 Å². The summed E-state index contributed by atoms with van der Waals surface area (Å²) in [7, 11) is 0. The van der Waals surface area contributed by atoms with Crippen molar-refractivity contribution >= 4 is 0 Å². The van der Waals surface area contributed by atoms with Crippen LogP contribution in [0.1, 0.15) is 0 Å². The fourth-order valence-electron chi connectivity index (χ4n) is 2.18. The fraction of sp³-hybridized carbons (Fsp3) is 0.357. The van der Waals surface area contributed by atoms with Gasteiger partial charge in [0.1, 0.15) is 0 Å². The van der Waals surface area contributed by atoms with Gasteiger partial charge in [0.05, 0.1) is 37.5 Å². The summed E-state index contributed by atoms with van der Waals surface area (Å²) in [6, 6.07) is 12.1. The lowest BCUT2D eigenvalue weighted by atomic mass is 9.87. The van der Waals surface area contributed by atoms with Crippen LogP contribution in [0.2, 0.25) is 0 Å². The van der Waals surface area contributed by atoms with E-state index >= 15 is 0 Å². The lowest BCUT2D eigenvalue weighted by molar-refractivity contribution is -0.146. The van der Waals surface area contributed by atoms with Crippen LogP contribution in [0.4, 0.5) is 0 Å². The van der Waals surface area contributed by atoms with Gasteiger partial charge in [-0.15, -0.1) is 0 Å². The van der Waals surface area contributed by atoms with Crippen molar-refractivity contribution in [3.63, 3.8) is 0 Å². The summed E-state index contributed by atoms with van der Waals surface area (Å²) >= 11 is 0. The molecule has 2 heterocycles. The molecular formula is C14H16N2O2. The Labute approximate surface area is 106 Å². The zero-order valence-corrected chi connectivity index (χ0v) is 10.1.